The third kappa shape index (κ3) is 3.87. The van der Waals surface area contributed by atoms with Gasteiger partial charge in [-0.25, -0.2) is 4.79 Å². The van der Waals surface area contributed by atoms with Crippen LogP contribution in [0.3, 0.4) is 0 Å². The van der Waals surface area contributed by atoms with Crippen molar-refractivity contribution < 1.29 is 19.1 Å². The van der Waals surface area contributed by atoms with Crippen molar-refractivity contribution in [3.63, 3.8) is 0 Å². The summed E-state index contributed by atoms with van der Waals surface area (Å²) in [7, 11) is 0. The number of rotatable bonds is 1. The Bertz CT molecular complexity index is 405. The van der Waals surface area contributed by atoms with Crippen LogP contribution in [0.2, 0.25) is 0 Å². The van der Waals surface area contributed by atoms with Gasteiger partial charge in [0.15, 0.2) is 0 Å². The van der Waals surface area contributed by atoms with Gasteiger partial charge in [0, 0.05) is 13.1 Å². The van der Waals surface area contributed by atoms with Gasteiger partial charge in [0.05, 0.1) is 19.3 Å². The SMILES string of the molecule is CC1COCCN1C(=O)C1CCCN1C(=O)OC(C)(C)C. The number of hydrogen-bond donors (Lipinski definition) is 0. The summed E-state index contributed by atoms with van der Waals surface area (Å²) in [6.45, 7) is 9.79. The maximum atomic E-state index is 12.7. The van der Waals surface area contributed by atoms with Gasteiger partial charge in [-0.2, -0.15) is 0 Å². The van der Waals surface area contributed by atoms with E-state index in [4.69, 9.17) is 9.47 Å². The number of carbonyl (C=O) groups is 2. The summed E-state index contributed by atoms with van der Waals surface area (Å²) in [5.41, 5.74) is -0.542. The molecule has 2 unspecified atom stereocenters. The van der Waals surface area contributed by atoms with Crippen LogP contribution >= 0.6 is 0 Å². The summed E-state index contributed by atoms with van der Waals surface area (Å²) < 4.78 is 10.8. The van der Waals surface area contributed by atoms with Crippen LogP contribution in [0.15, 0.2) is 0 Å². The van der Waals surface area contributed by atoms with Gasteiger partial charge in [0.1, 0.15) is 11.6 Å². The summed E-state index contributed by atoms with van der Waals surface area (Å²) in [4.78, 5) is 28.4. The second kappa shape index (κ2) is 6.22. The van der Waals surface area contributed by atoms with Gasteiger partial charge < -0.3 is 14.4 Å². The number of nitrogens with zero attached hydrogens (tertiary/aromatic N) is 2. The largest absolute Gasteiger partial charge is 0.444 e. The second-order valence-corrected chi connectivity index (χ2v) is 6.79. The molecule has 2 rings (SSSR count). The van der Waals surface area contributed by atoms with Gasteiger partial charge in [-0.1, -0.05) is 0 Å². The Balaban J connectivity index is 2.04. The van der Waals surface area contributed by atoms with Crippen molar-refractivity contribution >= 4 is 12.0 Å². The zero-order valence-electron chi connectivity index (χ0n) is 13.4. The van der Waals surface area contributed by atoms with Crippen molar-refractivity contribution in [3.05, 3.63) is 0 Å². The molecule has 120 valence electrons. The molecule has 0 saturated carbocycles. The molecule has 2 heterocycles. The Morgan fingerprint density at radius 1 is 1.19 bits per heavy atom. The van der Waals surface area contributed by atoms with Crippen LogP contribution in [-0.4, -0.2) is 65.8 Å². The van der Waals surface area contributed by atoms with Crippen molar-refractivity contribution in [1.82, 2.24) is 9.80 Å². The molecule has 2 aliphatic heterocycles. The van der Waals surface area contributed by atoms with E-state index in [1.165, 1.54) is 0 Å². The average Bonchev–Trinajstić information content (AvgIpc) is 2.85. The van der Waals surface area contributed by atoms with Gasteiger partial charge >= 0.3 is 6.09 Å². The van der Waals surface area contributed by atoms with E-state index in [2.05, 4.69) is 0 Å². The molecule has 0 spiro atoms. The first kappa shape index (κ1) is 16.1. The van der Waals surface area contributed by atoms with Crippen LogP contribution in [0, 0.1) is 0 Å². The van der Waals surface area contributed by atoms with Crippen LogP contribution in [-0.2, 0) is 14.3 Å². The van der Waals surface area contributed by atoms with E-state index in [1.54, 1.807) is 4.90 Å². The van der Waals surface area contributed by atoms with E-state index in [-0.39, 0.29) is 24.1 Å². The van der Waals surface area contributed by atoms with Crippen LogP contribution in [0.4, 0.5) is 4.79 Å². The van der Waals surface area contributed by atoms with E-state index in [9.17, 15) is 9.59 Å². The standard InChI is InChI=1S/C15H26N2O4/c1-11-10-20-9-8-16(11)13(18)12-6-5-7-17(12)14(19)21-15(2,3)4/h11-12H,5-10H2,1-4H3. The molecule has 2 fully saturated rings. The lowest BCUT2D eigenvalue weighted by Gasteiger charge is -2.37. The highest BCUT2D eigenvalue weighted by atomic mass is 16.6. The van der Waals surface area contributed by atoms with E-state index < -0.39 is 5.60 Å². The van der Waals surface area contributed by atoms with Gasteiger partial charge in [-0.05, 0) is 40.5 Å². The van der Waals surface area contributed by atoms with Crippen molar-refractivity contribution in [3.8, 4) is 0 Å². The van der Waals surface area contributed by atoms with E-state index in [0.717, 1.165) is 6.42 Å². The topological polar surface area (TPSA) is 59.1 Å². The number of amides is 2. The highest BCUT2D eigenvalue weighted by molar-refractivity contribution is 5.86. The van der Waals surface area contributed by atoms with E-state index in [0.29, 0.717) is 32.7 Å². The lowest BCUT2D eigenvalue weighted by molar-refractivity contribution is -0.143. The first-order valence-corrected chi connectivity index (χ1v) is 7.67. The molecule has 6 nitrogen and oxygen atoms in total. The lowest BCUT2D eigenvalue weighted by atomic mass is 10.1. The fourth-order valence-corrected chi connectivity index (χ4v) is 2.81. The summed E-state index contributed by atoms with van der Waals surface area (Å²) in [5.74, 6) is 0.0224. The molecule has 0 aromatic rings. The van der Waals surface area contributed by atoms with Crippen molar-refractivity contribution in [1.29, 1.82) is 0 Å². The first-order valence-electron chi connectivity index (χ1n) is 7.67. The highest BCUT2D eigenvalue weighted by Gasteiger charge is 2.40. The molecule has 2 aliphatic rings. The fourth-order valence-electron chi connectivity index (χ4n) is 2.81. The molecule has 2 saturated heterocycles. The maximum absolute atomic E-state index is 12.7. The smallest absolute Gasteiger partial charge is 0.410 e. The number of carbonyl (C=O) groups excluding carboxylic acids is 2. The fraction of sp³-hybridized carbons (Fsp3) is 0.867. The second-order valence-electron chi connectivity index (χ2n) is 6.79. The number of ether oxygens (including phenoxy) is 2. The number of morpholine rings is 1. The molecule has 0 aliphatic carbocycles. The van der Waals surface area contributed by atoms with Gasteiger partial charge in [-0.3, -0.25) is 9.69 Å². The van der Waals surface area contributed by atoms with Crippen LogP contribution in [0.25, 0.3) is 0 Å². The minimum Gasteiger partial charge on any atom is -0.444 e. The Hall–Kier alpha value is -1.30. The summed E-state index contributed by atoms with van der Waals surface area (Å²) >= 11 is 0. The predicted octanol–water partition coefficient (Wildman–Crippen LogP) is 1.63. The summed E-state index contributed by atoms with van der Waals surface area (Å²) in [5, 5.41) is 0. The van der Waals surface area contributed by atoms with Crippen LogP contribution < -0.4 is 0 Å². The van der Waals surface area contributed by atoms with E-state index in [1.807, 2.05) is 32.6 Å². The third-order valence-corrected chi connectivity index (χ3v) is 3.82. The Morgan fingerprint density at radius 3 is 2.52 bits per heavy atom. The molecule has 0 radical (unpaired) electrons. The summed E-state index contributed by atoms with van der Waals surface area (Å²) in [6.07, 6.45) is 1.16. The van der Waals surface area contributed by atoms with E-state index >= 15 is 0 Å². The monoisotopic (exact) mass is 298 g/mol. The Morgan fingerprint density at radius 2 is 1.90 bits per heavy atom. The molecule has 2 amide bonds. The third-order valence-electron chi connectivity index (χ3n) is 3.82. The Kier molecular flexibility index (Phi) is 4.76. The molecule has 2 atom stereocenters. The van der Waals surface area contributed by atoms with Crippen molar-refractivity contribution in [2.75, 3.05) is 26.3 Å². The number of hydrogen-bond acceptors (Lipinski definition) is 4. The van der Waals surface area contributed by atoms with Gasteiger partial charge in [0.2, 0.25) is 5.91 Å². The van der Waals surface area contributed by atoms with Crippen molar-refractivity contribution in [2.45, 2.75) is 58.2 Å². The van der Waals surface area contributed by atoms with Crippen LogP contribution in [0.1, 0.15) is 40.5 Å². The quantitative estimate of drug-likeness (QED) is 0.738. The normalized spacial score (nSPS) is 26.9. The summed E-state index contributed by atoms with van der Waals surface area (Å²) in [6, 6.07) is -0.326. The minimum absolute atomic E-state index is 0.0224. The van der Waals surface area contributed by atoms with Gasteiger partial charge in [-0.15, -0.1) is 0 Å². The molecular formula is C15H26N2O4. The molecule has 6 heteroatoms. The molecule has 0 aromatic heterocycles. The van der Waals surface area contributed by atoms with Gasteiger partial charge in [0.25, 0.3) is 0 Å². The lowest BCUT2D eigenvalue weighted by Crippen LogP contribution is -2.54. The molecular weight excluding hydrogens is 272 g/mol. The maximum Gasteiger partial charge on any atom is 0.410 e. The minimum atomic E-state index is -0.542. The number of likely N-dealkylation sites (tertiary alicyclic amines) is 1. The molecule has 0 bridgehead atoms. The molecule has 21 heavy (non-hydrogen) atoms. The first-order chi connectivity index (χ1) is 9.79. The zero-order chi connectivity index (χ0) is 15.6. The zero-order valence-corrected chi connectivity index (χ0v) is 13.4. The average molecular weight is 298 g/mol. The van der Waals surface area contributed by atoms with Crippen molar-refractivity contribution in [2.24, 2.45) is 0 Å². The predicted molar refractivity (Wildman–Crippen MR) is 78.0 cm³/mol. The molecule has 0 aromatic carbocycles. The van der Waals surface area contributed by atoms with Crippen LogP contribution in [0.5, 0.6) is 0 Å². The molecule has 0 N–H and O–H groups in total. The Labute approximate surface area is 126 Å². The highest BCUT2D eigenvalue weighted by Crippen LogP contribution is 2.23.